The van der Waals surface area contributed by atoms with Crippen molar-refractivity contribution in [1.29, 1.82) is 0 Å². The molecule has 0 aliphatic heterocycles. The number of sulfonamides is 1. The summed E-state index contributed by atoms with van der Waals surface area (Å²) >= 11 is 1.12. The third-order valence-electron chi connectivity index (χ3n) is 1.85. The third kappa shape index (κ3) is 5.12. The van der Waals surface area contributed by atoms with E-state index in [0.29, 0.717) is 13.0 Å². The topological polar surface area (TPSA) is 89.3 Å². The molecule has 0 unspecified atom stereocenters. The van der Waals surface area contributed by atoms with Gasteiger partial charge in [0.2, 0.25) is 15.9 Å². The lowest BCUT2D eigenvalue weighted by Gasteiger charge is -1.96. The normalized spacial score (nSPS) is 11.9. The van der Waals surface area contributed by atoms with Crippen molar-refractivity contribution in [2.45, 2.75) is 17.6 Å². The molecule has 5 nitrogen and oxygen atoms in total. The Morgan fingerprint density at radius 1 is 1.53 bits per heavy atom. The largest absolute Gasteiger partial charge is 0.356 e. The van der Waals surface area contributed by atoms with Crippen LogP contribution in [-0.2, 0) is 14.8 Å². The van der Waals surface area contributed by atoms with E-state index in [1.165, 1.54) is 13.0 Å². The molecule has 1 aromatic rings. The first-order valence-electron chi connectivity index (χ1n) is 4.93. The van der Waals surface area contributed by atoms with Crippen molar-refractivity contribution in [3.05, 3.63) is 23.1 Å². The quantitative estimate of drug-likeness (QED) is 0.783. The molecule has 0 spiro atoms. The zero-order chi connectivity index (χ0) is 12.9. The van der Waals surface area contributed by atoms with Gasteiger partial charge in [0, 0.05) is 18.3 Å². The summed E-state index contributed by atoms with van der Waals surface area (Å²) in [5, 5.41) is 7.65. The first-order valence-corrected chi connectivity index (χ1v) is 7.29. The number of rotatable bonds is 5. The molecular weight excluding hydrogens is 260 g/mol. The summed E-state index contributed by atoms with van der Waals surface area (Å²) in [6, 6.07) is 3.17. The molecule has 3 N–H and O–H groups in total. The summed E-state index contributed by atoms with van der Waals surface area (Å²) in [7, 11) is -3.60. The highest BCUT2D eigenvalue weighted by Crippen LogP contribution is 2.21. The monoisotopic (exact) mass is 274 g/mol. The Morgan fingerprint density at radius 2 is 2.24 bits per heavy atom. The van der Waals surface area contributed by atoms with Crippen molar-refractivity contribution in [3.8, 4) is 0 Å². The smallest absolute Gasteiger partial charge is 0.247 e. The number of primary sulfonamides is 1. The van der Waals surface area contributed by atoms with Crippen molar-refractivity contribution in [1.82, 2.24) is 5.32 Å². The minimum atomic E-state index is -3.60. The fourth-order valence-electron chi connectivity index (χ4n) is 1.11. The lowest BCUT2D eigenvalue weighted by Crippen LogP contribution is -2.20. The second kappa shape index (κ2) is 5.95. The number of thiophene rings is 1. The maximum Gasteiger partial charge on any atom is 0.247 e. The Balaban J connectivity index is 2.50. The predicted molar refractivity (Wildman–Crippen MR) is 68.0 cm³/mol. The van der Waals surface area contributed by atoms with Crippen LogP contribution in [0.4, 0.5) is 0 Å². The lowest BCUT2D eigenvalue weighted by atomic mass is 10.3. The molecule has 0 saturated heterocycles. The van der Waals surface area contributed by atoms with Crippen LogP contribution >= 0.6 is 11.3 Å². The van der Waals surface area contributed by atoms with E-state index in [1.54, 1.807) is 12.1 Å². The van der Waals surface area contributed by atoms with Gasteiger partial charge in [0.1, 0.15) is 4.21 Å². The molecule has 0 fully saturated rings. The Labute approximate surface area is 104 Å². The van der Waals surface area contributed by atoms with Crippen LogP contribution in [0.3, 0.4) is 0 Å². The fraction of sp³-hybridized carbons (Fsp3) is 0.300. The van der Waals surface area contributed by atoms with Gasteiger partial charge in [-0.1, -0.05) is 6.08 Å². The molecule has 0 aliphatic rings. The van der Waals surface area contributed by atoms with Crippen LogP contribution in [0, 0.1) is 0 Å². The van der Waals surface area contributed by atoms with E-state index in [4.69, 9.17) is 5.14 Å². The summed E-state index contributed by atoms with van der Waals surface area (Å²) < 4.78 is 22.2. The Bertz CT molecular complexity index is 517. The molecule has 94 valence electrons. The van der Waals surface area contributed by atoms with Gasteiger partial charge in [0.15, 0.2) is 0 Å². The minimum absolute atomic E-state index is 0.0639. The van der Waals surface area contributed by atoms with Gasteiger partial charge in [-0.2, -0.15) is 0 Å². The maximum absolute atomic E-state index is 11.0. The van der Waals surface area contributed by atoms with E-state index in [0.717, 1.165) is 16.2 Å². The molecule has 0 atom stereocenters. The number of hydrogen-bond acceptors (Lipinski definition) is 4. The van der Waals surface area contributed by atoms with E-state index >= 15 is 0 Å². The highest BCUT2D eigenvalue weighted by atomic mass is 32.2. The number of nitrogens with one attached hydrogen (secondary N) is 1. The molecule has 1 heterocycles. The molecule has 1 aromatic heterocycles. The molecule has 0 aromatic carbocycles. The van der Waals surface area contributed by atoms with E-state index in [1.807, 2.05) is 6.08 Å². The summed E-state index contributed by atoms with van der Waals surface area (Å²) in [5.41, 5.74) is 0. The number of carbonyl (C=O) groups excluding carboxylic acids is 1. The van der Waals surface area contributed by atoms with Gasteiger partial charge in [0.05, 0.1) is 0 Å². The molecule has 7 heteroatoms. The highest BCUT2D eigenvalue weighted by molar-refractivity contribution is 7.91. The van der Waals surface area contributed by atoms with Crippen LogP contribution in [0.25, 0.3) is 6.08 Å². The minimum Gasteiger partial charge on any atom is -0.356 e. The van der Waals surface area contributed by atoms with Gasteiger partial charge in [-0.3, -0.25) is 4.79 Å². The van der Waals surface area contributed by atoms with Gasteiger partial charge < -0.3 is 5.32 Å². The number of hydrogen-bond donors (Lipinski definition) is 2. The Kier molecular flexibility index (Phi) is 4.86. The predicted octanol–water partition coefficient (Wildman–Crippen LogP) is 0.935. The molecular formula is C10H14N2O3S2. The van der Waals surface area contributed by atoms with Crippen molar-refractivity contribution in [2.24, 2.45) is 5.14 Å². The third-order valence-corrected chi connectivity index (χ3v) is 4.34. The van der Waals surface area contributed by atoms with Gasteiger partial charge >= 0.3 is 0 Å². The van der Waals surface area contributed by atoms with Crippen LogP contribution in [0.1, 0.15) is 18.2 Å². The lowest BCUT2D eigenvalue weighted by molar-refractivity contribution is -0.118. The second-order valence-electron chi connectivity index (χ2n) is 3.38. The van der Waals surface area contributed by atoms with Crippen molar-refractivity contribution in [3.63, 3.8) is 0 Å². The highest BCUT2D eigenvalue weighted by Gasteiger charge is 2.09. The van der Waals surface area contributed by atoms with Crippen LogP contribution in [0.2, 0.25) is 0 Å². The van der Waals surface area contributed by atoms with Gasteiger partial charge in [0.25, 0.3) is 0 Å². The molecule has 1 amide bonds. The SMILES string of the molecule is CC(=O)NCCC=Cc1ccc(S(N)(=O)=O)s1. The van der Waals surface area contributed by atoms with E-state index in [9.17, 15) is 13.2 Å². The standard InChI is InChI=1S/C10H14N2O3S2/c1-8(13)12-7-3-2-4-9-5-6-10(16-9)17(11,14)15/h2,4-6H,3,7H2,1H3,(H,12,13)(H2,11,14,15). The molecule has 0 bridgehead atoms. The average molecular weight is 274 g/mol. The summed E-state index contributed by atoms with van der Waals surface area (Å²) in [5.74, 6) is -0.0639. The van der Waals surface area contributed by atoms with Crippen LogP contribution < -0.4 is 10.5 Å². The Morgan fingerprint density at radius 3 is 2.76 bits per heavy atom. The van der Waals surface area contributed by atoms with Gasteiger partial charge in [-0.05, 0) is 24.6 Å². The van der Waals surface area contributed by atoms with E-state index in [2.05, 4.69) is 5.32 Å². The molecule has 0 saturated carbocycles. The van der Waals surface area contributed by atoms with Crippen LogP contribution in [0.5, 0.6) is 0 Å². The summed E-state index contributed by atoms with van der Waals surface area (Å²) in [6.07, 6.45) is 4.37. The Hall–Kier alpha value is -1.18. The van der Waals surface area contributed by atoms with Crippen LogP contribution in [0.15, 0.2) is 22.4 Å². The first kappa shape index (κ1) is 13.9. The summed E-state index contributed by atoms with van der Waals surface area (Å²) in [4.78, 5) is 11.4. The van der Waals surface area contributed by atoms with E-state index in [-0.39, 0.29) is 10.1 Å². The zero-order valence-electron chi connectivity index (χ0n) is 9.34. The first-order chi connectivity index (χ1) is 7.89. The van der Waals surface area contributed by atoms with Crippen molar-refractivity contribution < 1.29 is 13.2 Å². The zero-order valence-corrected chi connectivity index (χ0v) is 11.0. The molecule has 0 radical (unpaired) electrons. The van der Waals surface area contributed by atoms with Gasteiger partial charge in [-0.25, -0.2) is 13.6 Å². The van der Waals surface area contributed by atoms with Crippen molar-refractivity contribution in [2.75, 3.05) is 6.54 Å². The summed E-state index contributed by atoms with van der Waals surface area (Å²) in [6.45, 7) is 2.03. The molecule has 1 rings (SSSR count). The van der Waals surface area contributed by atoms with Crippen LogP contribution in [-0.4, -0.2) is 20.9 Å². The average Bonchev–Trinajstić information content (AvgIpc) is 2.64. The molecule has 17 heavy (non-hydrogen) atoms. The van der Waals surface area contributed by atoms with E-state index < -0.39 is 10.0 Å². The molecule has 0 aliphatic carbocycles. The fourth-order valence-corrected chi connectivity index (χ4v) is 2.79. The number of nitrogens with two attached hydrogens (primary N) is 1. The second-order valence-corrected chi connectivity index (χ2v) is 6.28. The number of carbonyl (C=O) groups is 1. The van der Waals surface area contributed by atoms with Gasteiger partial charge in [-0.15, -0.1) is 11.3 Å². The maximum atomic E-state index is 11.0. The van der Waals surface area contributed by atoms with Crippen molar-refractivity contribution >= 4 is 33.3 Å². The number of amides is 1.